The Kier molecular flexibility index (Phi) is 5.86. The summed E-state index contributed by atoms with van der Waals surface area (Å²) < 4.78 is 1.74. The second-order valence-corrected chi connectivity index (χ2v) is 7.97. The average Bonchev–Trinajstić information content (AvgIpc) is 3.27. The summed E-state index contributed by atoms with van der Waals surface area (Å²) in [6, 6.07) is 1.96. The molecule has 1 fully saturated rings. The van der Waals surface area contributed by atoms with Gasteiger partial charge in [-0.1, -0.05) is 0 Å². The van der Waals surface area contributed by atoms with Crippen LogP contribution in [-0.2, 0) is 11.3 Å². The van der Waals surface area contributed by atoms with Crippen LogP contribution in [0.4, 0.5) is 5.95 Å². The van der Waals surface area contributed by atoms with Crippen molar-refractivity contribution >= 4 is 17.8 Å². The number of rotatable bonds is 5. The van der Waals surface area contributed by atoms with Gasteiger partial charge in [-0.2, -0.15) is 5.10 Å². The van der Waals surface area contributed by atoms with Crippen LogP contribution in [0.3, 0.4) is 0 Å². The van der Waals surface area contributed by atoms with Gasteiger partial charge in [0.2, 0.25) is 11.9 Å². The van der Waals surface area contributed by atoms with Crippen molar-refractivity contribution in [2.24, 2.45) is 0 Å². The van der Waals surface area contributed by atoms with Gasteiger partial charge >= 0.3 is 0 Å². The SMILES string of the molecule is Cc1cc(C)n(CC(=O)N2CCC(c3nc(N(C)C)ncc3C(=O)N(C)C)C2)n1. The highest BCUT2D eigenvalue weighted by molar-refractivity contribution is 5.95. The summed E-state index contributed by atoms with van der Waals surface area (Å²) in [6.07, 6.45) is 2.36. The second-order valence-electron chi connectivity index (χ2n) is 7.97. The third-order valence-corrected chi connectivity index (χ3v) is 5.16. The molecule has 2 aromatic rings. The number of aromatic nitrogens is 4. The highest BCUT2D eigenvalue weighted by Crippen LogP contribution is 2.30. The van der Waals surface area contributed by atoms with Gasteiger partial charge in [0.15, 0.2) is 0 Å². The summed E-state index contributed by atoms with van der Waals surface area (Å²) >= 11 is 0. The van der Waals surface area contributed by atoms with Crippen molar-refractivity contribution in [3.05, 3.63) is 34.9 Å². The normalized spacial score (nSPS) is 16.2. The molecule has 0 N–H and O–H groups in total. The molecule has 3 rings (SSSR count). The minimum atomic E-state index is -0.127. The minimum absolute atomic E-state index is 0.00000415. The van der Waals surface area contributed by atoms with Gasteiger partial charge in [0.05, 0.1) is 17.0 Å². The fraction of sp³-hybridized carbons (Fsp3) is 0.550. The second kappa shape index (κ2) is 8.18. The molecular formula is C20H29N7O2. The van der Waals surface area contributed by atoms with Crippen LogP contribution in [-0.4, -0.2) is 82.6 Å². The number of carbonyl (C=O) groups is 2. The molecule has 1 saturated heterocycles. The first-order valence-electron chi connectivity index (χ1n) is 9.72. The van der Waals surface area contributed by atoms with Crippen molar-refractivity contribution in [1.82, 2.24) is 29.5 Å². The van der Waals surface area contributed by atoms with Crippen molar-refractivity contribution in [1.29, 1.82) is 0 Å². The number of aryl methyl sites for hydroxylation is 2. The molecule has 2 amide bonds. The molecule has 0 aliphatic carbocycles. The lowest BCUT2D eigenvalue weighted by Gasteiger charge is -2.20. The molecule has 1 aliphatic heterocycles. The zero-order valence-corrected chi connectivity index (χ0v) is 18.0. The molecule has 0 radical (unpaired) electrons. The largest absolute Gasteiger partial charge is 0.347 e. The van der Waals surface area contributed by atoms with Crippen LogP contribution in [0.25, 0.3) is 0 Å². The van der Waals surface area contributed by atoms with E-state index in [1.807, 2.05) is 43.8 Å². The summed E-state index contributed by atoms with van der Waals surface area (Å²) in [5.74, 6) is 0.460. The smallest absolute Gasteiger partial charge is 0.256 e. The van der Waals surface area contributed by atoms with Gasteiger partial charge in [-0.25, -0.2) is 9.97 Å². The van der Waals surface area contributed by atoms with Crippen LogP contribution < -0.4 is 4.90 Å². The molecule has 3 heterocycles. The zero-order chi connectivity index (χ0) is 21.3. The number of anilines is 1. The molecule has 9 heteroatoms. The van der Waals surface area contributed by atoms with E-state index in [1.54, 1.807) is 25.0 Å². The van der Waals surface area contributed by atoms with Crippen LogP contribution >= 0.6 is 0 Å². The van der Waals surface area contributed by atoms with Crippen molar-refractivity contribution in [3.8, 4) is 0 Å². The molecular weight excluding hydrogens is 370 g/mol. The van der Waals surface area contributed by atoms with Crippen LogP contribution in [0.5, 0.6) is 0 Å². The van der Waals surface area contributed by atoms with E-state index in [2.05, 4.69) is 15.1 Å². The summed E-state index contributed by atoms with van der Waals surface area (Å²) in [4.78, 5) is 39.6. The highest BCUT2D eigenvalue weighted by Gasteiger charge is 2.32. The van der Waals surface area contributed by atoms with Gasteiger partial charge in [0, 0.05) is 59.1 Å². The number of likely N-dealkylation sites (tertiary alicyclic amines) is 1. The lowest BCUT2D eigenvalue weighted by Crippen LogP contribution is -2.32. The van der Waals surface area contributed by atoms with Gasteiger partial charge in [0.1, 0.15) is 6.54 Å². The van der Waals surface area contributed by atoms with Gasteiger partial charge in [-0.3, -0.25) is 14.3 Å². The molecule has 156 valence electrons. The molecule has 2 aromatic heterocycles. The Bertz CT molecular complexity index is 920. The quantitative estimate of drug-likeness (QED) is 0.748. The number of hydrogen-bond donors (Lipinski definition) is 0. The van der Waals surface area contributed by atoms with Crippen LogP contribution in [0.1, 0.15) is 39.8 Å². The highest BCUT2D eigenvalue weighted by atomic mass is 16.2. The predicted molar refractivity (Wildman–Crippen MR) is 110 cm³/mol. The summed E-state index contributed by atoms with van der Waals surface area (Å²) in [6.45, 7) is 5.27. The monoisotopic (exact) mass is 399 g/mol. The van der Waals surface area contributed by atoms with E-state index in [0.717, 1.165) is 17.8 Å². The maximum Gasteiger partial charge on any atom is 0.256 e. The molecule has 9 nitrogen and oxygen atoms in total. The maximum absolute atomic E-state index is 12.8. The van der Waals surface area contributed by atoms with Crippen LogP contribution in [0.15, 0.2) is 12.3 Å². The third kappa shape index (κ3) is 4.38. The fourth-order valence-corrected chi connectivity index (χ4v) is 3.59. The molecule has 0 bridgehead atoms. The molecule has 0 saturated carbocycles. The standard InChI is InChI=1S/C20H29N7O2/c1-13-9-14(2)27(23-13)12-17(28)26-8-7-15(11-26)18-16(19(29)24(3)4)10-21-20(22-18)25(5)6/h9-10,15H,7-8,11-12H2,1-6H3. The van der Waals surface area contributed by atoms with Crippen LogP contribution in [0.2, 0.25) is 0 Å². The molecule has 1 atom stereocenters. The molecule has 29 heavy (non-hydrogen) atoms. The third-order valence-electron chi connectivity index (χ3n) is 5.16. The Morgan fingerprint density at radius 1 is 1.21 bits per heavy atom. The first-order chi connectivity index (χ1) is 13.7. The molecule has 0 spiro atoms. The summed E-state index contributed by atoms with van der Waals surface area (Å²) in [5, 5.41) is 4.38. The van der Waals surface area contributed by atoms with Gasteiger partial charge < -0.3 is 14.7 Å². The van der Waals surface area contributed by atoms with Gasteiger partial charge in [-0.15, -0.1) is 0 Å². The van der Waals surface area contributed by atoms with Crippen molar-refractivity contribution in [3.63, 3.8) is 0 Å². The lowest BCUT2D eigenvalue weighted by atomic mass is 9.99. The van der Waals surface area contributed by atoms with Gasteiger partial charge in [0.25, 0.3) is 5.91 Å². The van der Waals surface area contributed by atoms with E-state index in [4.69, 9.17) is 0 Å². The predicted octanol–water partition coefficient (Wildman–Crippen LogP) is 1.07. The molecule has 1 unspecified atom stereocenters. The first-order valence-corrected chi connectivity index (χ1v) is 9.72. The number of hydrogen-bond acceptors (Lipinski definition) is 6. The van der Waals surface area contributed by atoms with E-state index in [-0.39, 0.29) is 24.3 Å². The topological polar surface area (TPSA) is 87.5 Å². The Morgan fingerprint density at radius 3 is 2.52 bits per heavy atom. The van der Waals surface area contributed by atoms with E-state index in [0.29, 0.717) is 30.3 Å². The minimum Gasteiger partial charge on any atom is -0.347 e. The Labute approximate surface area is 171 Å². The molecule has 0 aromatic carbocycles. The Morgan fingerprint density at radius 2 is 1.93 bits per heavy atom. The van der Waals surface area contributed by atoms with Gasteiger partial charge in [-0.05, 0) is 26.3 Å². The first kappa shape index (κ1) is 20.8. The van der Waals surface area contributed by atoms with Crippen molar-refractivity contribution in [2.75, 3.05) is 46.2 Å². The number of carbonyl (C=O) groups excluding carboxylic acids is 2. The van der Waals surface area contributed by atoms with Crippen LogP contribution in [0, 0.1) is 13.8 Å². The maximum atomic E-state index is 12.8. The summed E-state index contributed by atoms with van der Waals surface area (Å²) in [7, 11) is 7.16. The average molecular weight is 399 g/mol. The number of nitrogens with zero attached hydrogens (tertiary/aromatic N) is 7. The summed E-state index contributed by atoms with van der Waals surface area (Å²) in [5.41, 5.74) is 3.08. The van der Waals surface area contributed by atoms with E-state index >= 15 is 0 Å². The zero-order valence-electron chi connectivity index (χ0n) is 18.0. The number of amides is 2. The Hall–Kier alpha value is -2.97. The van der Waals surface area contributed by atoms with Crippen molar-refractivity contribution in [2.45, 2.75) is 32.7 Å². The van der Waals surface area contributed by atoms with E-state index < -0.39 is 0 Å². The fourth-order valence-electron chi connectivity index (χ4n) is 3.59. The molecule has 1 aliphatic rings. The van der Waals surface area contributed by atoms with Crippen molar-refractivity contribution < 1.29 is 9.59 Å². The Balaban J connectivity index is 1.81. The van der Waals surface area contributed by atoms with E-state index in [1.165, 1.54) is 4.90 Å². The lowest BCUT2D eigenvalue weighted by molar-refractivity contribution is -0.131. The van der Waals surface area contributed by atoms with E-state index in [9.17, 15) is 9.59 Å².